The maximum absolute atomic E-state index is 12.4. The molecule has 0 amide bonds. The molecule has 4 aromatic rings. The van der Waals surface area contributed by atoms with Crippen LogP contribution in [-0.4, -0.2) is 23.1 Å². The zero-order valence-electron chi connectivity index (χ0n) is 20.6. The van der Waals surface area contributed by atoms with Crippen LogP contribution in [0.4, 0.5) is 0 Å². The summed E-state index contributed by atoms with van der Waals surface area (Å²) < 4.78 is 0. The van der Waals surface area contributed by atoms with Gasteiger partial charge in [-0.25, -0.2) is 0 Å². The molecule has 2 aliphatic rings. The molecule has 4 aromatic carbocycles. The summed E-state index contributed by atoms with van der Waals surface area (Å²) in [5, 5.41) is 0. The van der Waals surface area contributed by atoms with Crippen LogP contribution in [0, 0.1) is 27.7 Å². The summed E-state index contributed by atoms with van der Waals surface area (Å²) in [4.78, 5) is 49.5. The molecule has 0 fully saturated rings. The highest BCUT2D eigenvalue weighted by Gasteiger charge is 2.30. The van der Waals surface area contributed by atoms with Gasteiger partial charge in [0, 0.05) is 44.5 Å². The summed E-state index contributed by atoms with van der Waals surface area (Å²) in [5.74, 6) is -0.210. The summed E-state index contributed by atoms with van der Waals surface area (Å²) in [7, 11) is 0. The largest absolute Gasteiger partial charge is 0.289 e. The Morgan fingerprint density at radius 2 is 0.528 bits per heavy atom. The van der Waals surface area contributed by atoms with Crippen LogP contribution in [-0.2, 0) is 0 Å². The predicted molar refractivity (Wildman–Crippen MR) is 138 cm³/mol. The maximum atomic E-state index is 12.4. The van der Waals surface area contributed by atoms with E-state index in [4.69, 9.17) is 0 Å². The van der Waals surface area contributed by atoms with Gasteiger partial charge in [0.1, 0.15) is 0 Å². The maximum Gasteiger partial charge on any atom is 0.194 e. The van der Waals surface area contributed by atoms with Gasteiger partial charge in [-0.05, 0) is 74.2 Å². The van der Waals surface area contributed by atoms with Gasteiger partial charge < -0.3 is 0 Å². The van der Waals surface area contributed by atoms with E-state index in [0.717, 1.165) is 22.3 Å². The molecular formula is C32H24O4. The zero-order valence-corrected chi connectivity index (χ0v) is 20.6. The molecule has 0 unspecified atom stereocenters. The first-order valence-corrected chi connectivity index (χ1v) is 11.8. The molecule has 36 heavy (non-hydrogen) atoms. The number of hydrogen-bond donors (Lipinski definition) is 0. The van der Waals surface area contributed by atoms with E-state index in [1.54, 1.807) is 48.5 Å². The molecule has 176 valence electrons. The van der Waals surface area contributed by atoms with Gasteiger partial charge in [0.15, 0.2) is 23.1 Å². The van der Waals surface area contributed by atoms with Crippen LogP contribution in [0.2, 0.25) is 0 Å². The Labute approximate surface area is 209 Å². The van der Waals surface area contributed by atoms with Gasteiger partial charge in [0.25, 0.3) is 0 Å². The molecule has 0 aromatic heterocycles. The molecule has 0 radical (unpaired) electrons. The molecule has 0 N–H and O–H groups in total. The summed E-state index contributed by atoms with van der Waals surface area (Å²) in [5.41, 5.74) is 8.31. The van der Waals surface area contributed by atoms with Crippen molar-refractivity contribution in [2.24, 2.45) is 0 Å². The number of carbonyl (C=O) groups is 4. The lowest BCUT2D eigenvalue weighted by Crippen LogP contribution is -2.21. The van der Waals surface area contributed by atoms with E-state index in [-0.39, 0.29) is 23.1 Å². The number of carbonyl (C=O) groups excluding carboxylic acids is 4. The monoisotopic (exact) mass is 472 g/mol. The van der Waals surface area contributed by atoms with Crippen molar-refractivity contribution in [2.75, 3.05) is 0 Å². The quantitative estimate of drug-likeness (QED) is 0.266. The van der Waals surface area contributed by atoms with Gasteiger partial charge in [-0.2, -0.15) is 0 Å². The van der Waals surface area contributed by atoms with E-state index in [2.05, 4.69) is 0 Å². The third kappa shape index (κ3) is 3.62. The number of hydrogen-bond acceptors (Lipinski definition) is 4. The highest BCUT2D eigenvalue weighted by molar-refractivity contribution is 6.29. The normalized spacial score (nSPS) is 13.2. The lowest BCUT2D eigenvalue weighted by molar-refractivity contribution is 0.0979. The highest BCUT2D eigenvalue weighted by atomic mass is 16.1. The third-order valence-corrected chi connectivity index (χ3v) is 7.08. The first kappa shape index (κ1) is 23.3. The molecule has 4 nitrogen and oxygen atoms in total. The summed E-state index contributed by atoms with van der Waals surface area (Å²) >= 11 is 0. The van der Waals surface area contributed by atoms with E-state index in [0.29, 0.717) is 44.5 Å². The number of fused-ring (bicyclic) bond motifs is 4. The van der Waals surface area contributed by atoms with Gasteiger partial charge in [-0.3, -0.25) is 19.2 Å². The van der Waals surface area contributed by atoms with Crippen molar-refractivity contribution in [1.29, 1.82) is 0 Å². The Hall–Kier alpha value is -4.44. The van der Waals surface area contributed by atoms with Gasteiger partial charge in [0.2, 0.25) is 0 Å². The molecule has 2 aliphatic carbocycles. The first-order chi connectivity index (χ1) is 17.2. The molecule has 4 heteroatoms. The molecular weight excluding hydrogens is 448 g/mol. The predicted octanol–water partition coefficient (Wildman–Crippen LogP) is 6.16. The third-order valence-electron chi connectivity index (χ3n) is 7.08. The number of aryl methyl sites for hydroxylation is 4. The fourth-order valence-corrected chi connectivity index (χ4v) is 4.72. The Kier molecular flexibility index (Phi) is 5.60. The average Bonchev–Trinajstić information content (AvgIpc) is 2.88. The number of ketones is 4. The molecule has 0 aliphatic heterocycles. The van der Waals surface area contributed by atoms with Crippen LogP contribution in [0.15, 0.2) is 72.8 Å². The van der Waals surface area contributed by atoms with Gasteiger partial charge in [-0.1, -0.05) is 48.5 Å². The average molecular weight is 473 g/mol. The van der Waals surface area contributed by atoms with Crippen molar-refractivity contribution in [3.63, 3.8) is 0 Å². The van der Waals surface area contributed by atoms with E-state index in [9.17, 15) is 19.2 Å². The Morgan fingerprint density at radius 3 is 0.722 bits per heavy atom. The molecule has 0 spiro atoms. The summed E-state index contributed by atoms with van der Waals surface area (Å²) in [6, 6.07) is 21.3. The Bertz CT molecular complexity index is 1400. The van der Waals surface area contributed by atoms with Gasteiger partial charge >= 0.3 is 0 Å². The smallest absolute Gasteiger partial charge is 0.194 e. The number of rotatable bonds is 0. The fourth-order valence-electron chi connectivity index (χ4n) is 4.72. The van der Waals surface area contributed by atoms with Crippen LogP contribution in [0.5, 0.6) is 0 Å². The van der Waals surface area contributed by atoms with Gasteiger partial charge in [0.05, 0.1) is 0 Å². The lowest BCUT2D eigenvalue weighted by atomic mass is 9.82. The molecule has 0 saturated carbocycles. The topological polar surface area (TPSA) is 68.3 Å². The van der Waals surface area contributed by atoms with Gasteiger partial charge in [-0.15, -0.1) is 0 Å². The first-order valence-electron chi connectivity index (χ1n) is 11.8. The second-order valence-electron chi connectivity index (χ2n) is 9.37. The standard InChI is InChI=1S/2C16H12O2/c2*1-9-7-13-14(8-10(9)2)16(18)12-6-4-3-5-11(12)15(13)17/h2*3-8H,1-2H3. The van der Waals surface area contributed by atoms with E-state index in [1.807, 2.05) is 52.0 Å². The SMILES string of the molecule is Cc1cc2c(cc1C)C(=O)c1ccccc1C2=O.Cc1cc2c(cc1C)C(=O)c1ccccc1C2=O. The van der Waals surface area contributed by atoms with Crippen LogP contribution in [0.3, 0.4) is 0 Å². The van der Waals surface area contributed by atoms with Crippen LogP contribution < -0.4 is 0 Å². The van der Waals surface area contributed by atoms with E-state index >= 15 is 0 Å². The fraction of sp³-hybridized carbons (Fsp3) is 0.125. The zero-order chi connectivity index (χ0) is 25.7. The van der Waals surface area contributed by atoms with E-state index in [1.165, 1.54) is 0 Å². The Morgan fingerprint density at radius 1 is 0.333 bits per heavy atom. The van der Waals surface area contributed by atoms with Crippen molar-refractivity contribution in [3.05, 3.63) is 140 Å². The van der Waals surface area contributed by atoms with Crippen molar-refractivity contribution >= 4 is 23.1 Å². The molecule has 0 saturated heterocycles. The minimum atomic E-state index is -0.0525. The minimum absolute atomic E-state index is 0.0525. The van der Waals surface area contributed by atoms with Crippen molar-refractivity contribution in [3.8, 4) is 0 Å². The number of benzene rings is 4. The molecule has 0 atom stereocenters. The Balaban J connectivity index is 0.000000148. The second-order valence-corrected chi connectivity index (χ2v) is 9.37. The molecule has 6 rings (SSSR count). The van der Waals surface area contributed by atoms with Crippen LogP contribution in [0.25, 0.3) is 0 Å². The van der Waals surface area contributed by atoms with Crippen molar-refractivity contribution < 1.29 is 19.2 Å². The van der Waals surface area contributed by atoms with Crippen molar-refractivity contribution in [2.45, 2.75) is 27.7 Å². The highest BCUT2D eigenvalue weighted by Crippen LogP contribution is 2.30. The summed E-state index contributed by atoms with van der Waals surface area (Å²) in [6.45, 7) is 7.81. The second kappa shape index (κ2) is 8.65. The van der Waals surface area contributed by atoms with Crippen molar-refractivity contribution in [1.82, 2.24) is 0 Å². The lowest BCUT2D eigenvalue weighted by Gasteiger charge is -2.18. The van der Waals surface area contributed by atoms with E-state index < -0.39 is 0 Å². The van der Waals surface area contributed by atoms with Crippen LogP contribution >= 0.6 is 0 Å². The van der Waals surface area contributed by atoms with Crippen LogP contribution in [0.1, 0.15) is 85.9 Å². The minimum Gasteiger partial charge on any atom is -0.289 e. The summed E-state index contributed by atoms with van der Waals surface area (Å²) in [6.07, 6.45) is 0. The molecule has 0 bridgehead atoms. The molecule has 0 heterocycles.